The molecule has 0 amide bonds. The van der Waals surface area contributed by atoms with Crippen LogP contribution >= 0.6 is 0 Å². The molecule has 0 rings (SSSR count). The van der Waals surface area contributed by atoms with E-state index in [0.29, 0.717) is 0 Å². The molecule has 2 heteroatoms. The number of rotatable bonds is 2. The van der Waals surface area contributed by atoms with E-state index in [1.165, 1.54) is 10.6 Å². The van der Waals surface area contributed by atoms with E-state index in [0.717, 1.165) is 5.92 Å². The van der Waals surface area contributed by atoms with Crippen molar-refractivity contribution in [3.05, 3.63) is 0 Å². The number of hydrogen-bond donors (Lipinski definition) is 0. The Morgan fingerprint density at radius 2 is 1.67 bits per heavy atom. The second kappa shape index (κ2) is 4.20. The first-order valence-corrected chi connectivity index (χ1v) is 4.39. The van der Waals surface area contributed by atoms with E-state index in [4.69, 9.17) is 0 Å². The van der Waals surface area contributed by atoms with Gasteiger partial charge >= 0.3 is 55.5 Å². The van der Waals surface area contributed by atoms with Crippen LogP contribution in [0.3, 0.4) is 0 Å². The van der Waals surface area contributed by atoms with Crippen LogP contribution < -0.4 is 0 Å². The predicted molar refractivity (Wildman–Crippen MR) is 30.3 cm³/mol. The molecule has 0 atom stereocenters. The van der Waals surface area contributed by atoms with Crippen LogP contribution in [0.5, 0.6) is 0 Å². The minimum absolute atomic E-state index is 0.824. The maximum absolute atomic E-state index is 2.97. The van der Waals surface area contributed by atoms with Gasteiger partial charge in [0, 0.05) is 0 Å². The molecule has 0 heterocycles. The summed E-state index contributed by atoms with van der Waals surface area (Å²) in [7, 11) is 0. The van der Waals surface area contributed by atoms with Gasteiger partial charge < -0.3 is 0 Å². The van der Waals surface area contributed by atoms with Crippen molar-refractivity contribution in [1.29, 1.82) is 0 Å². The third-order valence-electron chi connectivity index (χ3n) is 0.569. The zero-order valence-corrected chi connectivity index (χ0v) is 7.23. The van der Waals surface area contributed by atoms with Crippen molar-refractivity contribution in [2.45, 2.75) is 17.6 Å². The number of hydrogen-bond acceptors (Lipinski definition) is 0. The van der Waals surface area contributed by atoms with Crippen molar-refractivity contribution in [2.75, 3.05) is 0 Å². The summed E-state index contributed by atoms with van der Waals surface area (Å²) >= 11 is 5.95. The van der Waals surface area contributed by atoms with Crippen LogP contribution in [0.1, 0.15) is 6.92 Å². The Hall–Kier alpha value is 1.04. The van der Waals surface area contributed by atoms with Crippen LogP contribution in [0.4, 0.5) is 0 Å². The average molecular weight is 214 g/mol. The molecular formula is C4H8Se2. The van der Waals surface area contributed by atoms with Gasteiger partial charge in [0.15, 0.2) is 0 Å². The zero-order chi connectivity index (χ0) is 4.99. The van der Waals surface area contributed by atoms with Crippen molar-refractivity contribution < 1.29 is 0 Å². The van der Waals surface area contributed by atoms with Crippen LogP contribution in [-0.4, -0.2) is 32.0 Å². The molecule has 0 unspecified atom stereocenters. The Morgan fingerprint density at radius 1 is 1.33 bits per heavy atom. The summed E-state index contributed by atoms with van der Waals surface area (Å²) in [5, 5.41) is 2.35. The van der Waals surface area contributed by atoms with Crippen molar-refractivity contribution in [2.24, 2.45) is 5.92 Å². The summed E-state index contributed by atoms with van der Waals surface area (Å²) in [6.07, 6.45) is 0. The van der Waals surface area contributed by atoms with Crippen LogP contribution in [0.15, 0.2) is 0 Å². The van der Waals surface area contributed by atoms with Crippen LogP contribution in [0, 0.1) is 5.92 Å². The molecule has 0 aliphatic rings. The fourth-order valence-corrected chi connectivity index (χ4v) is 1.30. The van der Waals surface area contributed by atoms with Gasteiger partial charge in [0.05, 0.1) is 0 Å². The van der Waals surface area contributed by atoms with Crippen molar-refractivity contribution in [1.82, 2.24) is 0 Å². The van der Waals surface area contributed by atoms with Gasteiger partial charge in [0.25, 0.3) is 0 Å². The van der Waals surface area contributed by atoms with Gasteiger partial charge in [-0.2, -0.15) is 0 Å². The van der Waals surface area contributed by atoms with E-state index >= 15 is 0 Å². The van der Waals surface area contributed by atoms with Crippen LogP contribution in [0.25, 0.3) is 0 Å². The Morgan fingerprint density at radius 3 is 1.67 bits per heavy atom. The summed E-state index contributed by atoms with van der Waals surface area (Å²) < 4.78 is 0. The van der Waals surface area contributed by atoms with Crippen molar-refractivity contribution in [3.63, 3.8) is 0 Å². The summed E-state index contributed by atoms with van der Waals surface area (Å²) in [5.74, 6) is 0.824. The molecule has 0 saturated carbocycles. The molecule has 0 N–H and O–H groups in total. The zero-order valence-electron chi connectivity index (χ0n) is 3.81. The van der Waals surface area contributed by atoms with E-state index in [9.17, 15) is 0 Å². The third kappa shape index (κ3) is 3.24. The average Bonchev–Trinajstić information content (AvgIpc) is 1.65. The van der Waals surface area contributed by atoms with Gasteiger partial charge in [-0.05, 0) is 0 Å². The molecule has 0 aromatic rings. The molecule has 2 radical (unpaired) electrons. The fourth-order valence-electron chi connectivity index (χ4n) is 0.0481. The van der Waals surface area contributed by atoms with Gasteiger partial charge in [0.1, 0.15) is 0 Å². The second-order valence-electron chi connectivity index (χ2n) is 1.44. The Labute approximate surface area is 55.7 Å². The second-order valence-corrected chi connectivity index (χ2v) is 2.84. The molecule has 36 valence electrons. The molecule has 0 aromatic carbocycles. The third-order valence-corrected chi connectivity index (χ3v) is 2.96. The molecule has 0 nitrogen and oxygen atoms in total. The van der Waals surface area contributed by atoms with E-state index in [1.807, 2.05) is 0 Å². The fraction of sp³-hybridized carbons (Fsp3) is 1.00. The topological polar surface area (TPSA) is 0 Å². The van der Waals surface area contributed by atoms with Gasteiger partial charge in [-0.25, -0.2) is 0 Å². The normalized spacial score (nSPS) is 10.0. The van der Waals surface area contributed by atoms with E-state index in [-0.39, 0.29) is 0 Å². The van der Waals surface area contributed by atoms with Gasteiger partial charge in [-0.3, -0.25) is 0 Å². The minimum atomic E-state index is 0.824. The first-order chi connectivity index (χ1) is 2.81. The van der Waals surface area contributed by atoms with Gasteiger partial charge in [0.2, 0.25) is 0 Å². The molecule has 0 aromatic heterocycles. The van der Waals surface area contributed by atoms with Gasteiger partial charge in [-0.1, -0.05) is 0 Å². The maximum atomic E-state index is 2.97. The molecule has 0 bridgehead atoms. The van der Waals surface area contributed by atoms with Gasteiger partial charge in [-0.15, -0.1) is 0 Å². The monoisotopic (exact) mass is 216 g/mol. The van der Waals surface area contributed by atoms with Crippen LogP contribution in [0.2, 0.25) is 10.6 Å². The Kier molecular flexibility index (Phi) is 4.93. The molecule has 0 fully saturated rings. The Balaban J connectivity index is 2.75. The standard InChI is InChI=1S/C4H8Se2/c1-4(2-5)3-6/h4H,2-3H2,1H3. The molecular weight excluding hydrogens is 206 g/mol. The van der Waals surface area contributed by atoms with E-state index in [2.05, 4.69) is 38.9 Å². The summed E-state index contributed by atoms with van der Waals surface area (Å²) in [6, 6.07) is 0. The summed E-state index contributed by atoms with van der Waals surface area (Å²) in [5.41, 5.74) is 0. The van der Waals surface area contributed by atoms with Crippen molar-refractivity contribution in [3.8, 4) is 0 Å². The molecule has 0 spiro atoms. The summed E-state index contributed by atoms with van der Waals surface area (Å²) in [4.78, 5) is 0. The Bertz CT molecular complexity index is 24.7. The SMILES string of the molecule is CC(C[Se])C[Se]. The van der Waals surface area contributed by atoms with Crippen LogP contribution in [-0.2, 0) is 0 Å². The molecule has 6 heavy (non-hydrogen) atoms. The quantitative estimate of drug-likeness (QED) is 0.596. The van der Waals surface area contributed by atoms with E-state index < -0.39 is 0 Å². The first kappa shape index (κ1) is 7.04. The molecule has 0 aliphatic heterocycles. The first-order valence-electron chi connectivity index (χ1n) is 1.97. The molecule has 0 aliphatic carbocycles. The summed E-state index contributed by atoms with van der Waals surface area (Å²) in [6.45, 7) is 2.22. The van der Waals surface area contributed by atoms with Crippen molar-refractivity contribution >= 4 is 32.0 Å². The molecule has 0 saturated heterocycles. The van der Waals surface area contributed by atoms with E-state index in [1.54, 1.807) is 0 Å². The predicted octanol–water partition coefficient (Wildman–Crippen LogP) is 0.796.